The molecule has 0 unspecified atom stereocenters. The summed E-state index contributed by atoms with van der Waals surface area (Å²) in [5, 5.41) is 9.31. The van der Waals surface area contributed by atoms with E-state index in [1.54, 1.807) is 12.1 Å². The molecule has 3 aromatic carbocycles. The van der Waals surface area contributed by atoms with E-state index in [1.165, 1.54) is 47.2 Å². The lowest BCUT2D eigenvalue weighted by molar-refractivity contribution is 0.0697. The molecule has 1 N–H and O–H groups in total. The van der Waals surface area contributed by atoms with Crippen molar-refractivity contribution in [2.75, 3.05) is 18.0 Å². The molecule has 0 radical (unpaired) electrons. The molecule has 0 heterocycles. The smallest absolute Gasteiger partial charge is 0.335 e. The van der Waals surface area contributed by atoms with E-state index in [1.807, 2.05) is 12.1 Å². The second-order valence-corrected chi connectivity index (χ2v) is 12.7. The van der Waals surface area contributed by atoms with Gasteiger partial charge < -0.3 is 10.0 Å². The van der Waals surface area contributed by atoms with Crippen LogP contribution >= 0.6 is 0 Å². The summed E-state index contributed by atoms with van der Waals surface area (Å²) in [5.74, 6) is -0.897. The third-order valence-electron chi connectivity index (χ3n) is 7.42. The summed E-state index contributed by atoms with van der Waals surface area (Å²) < 4.78 is 0. The predicted molar refractivity (Wildman–Crippen MR) is 164 cm³/mol. The second-order valence-electron chi connectivity index (χ2n) is 12.7. The van der Waals surface area contributed by atoms with Crippen molar-refractivity contribution < 1.29 is 9.90 Å². The van der Waals surface area contributed by atoms with Crippen molar-refractivity contribution in [2.45, 2.75) is 86.5 Å². The molecular weight excluding hydrogens is 466 g/mol. The monoisotopic (exact) mass is 513 g/mol. The van der Waals surface area contributed by atoms with Gasteiger partial charge in [-0.25, -0.2) is 4.79 Å². The summed E-state index contributed by atoms with van der Waals surface area (Å²) in [6, 6.07) is 21.0. The summed E-state index contributed by atoms with van der Waals surface area (Å²) >= 11 is 0. The largest absolute Gasteiger partial charge is 0.478 e. The van der Waals surface area contributed by atoms with E-state index < -0.39 is 5.97 Å². The Labute approximate surface area is 230 Å². The van der Waals surface area contributed by atoms with Crippen LogP contribution in [-0.4, -0.2) is 24.2 Å². The van der Waals surface area contributed by atoms with Crippen LogP contribution < -0.4 is 4.90 Å². The van der Waals surface area contributed by atoms with Gasteiger partial charge in [0.05, 0.1) is 5.56 Å². The molecule has 0 aliphatic carbocycles. The number of aromatic carboxylic acids is 1. The number of hydrogen-bond acceptors (Lipinski definition) is 2. The van der Waals surface area contributed by atoms with Crippen LogP contribution in [0, 0.1) is 5.41 Å². The van der Waals surface area contributed by atoms with Gasteiger partial charge in [0.15, 0.2) is 0 Å². The summed E-state index contributed by atoms with van der Waals surface area (Å²) in [6.07, 6.45) is 4.66. The SMILES string of the molecule is CCN(CC)c1ccc(-c2cc(-c3ccc(C(=O)O)cc3)ccc2CCCCC(C)(C)C)cc1C(C)(C)C. The maximum Gasteiger partial charge on any atom is 0.335 e. The Balaban J connectivity index is 2.09. The maximum atomic E-state index is 11.3. The van der Waals surface area contributed by atoms with Crippen LogP contribution in [0.4, 0.5) is 5.69 Å². The molecule has 3 nitrogen and oxygen atoms in total. The molecule has 0 aromatic heterocycles. The second kappa shape index (κ2) is 12.2. The number of carboxylic acid groups (broad SMARTS) is 1. The van der Waals surface area contributed by atoms with E-state index in [0.29, 0.717) is 11.0 Å². The quantitative estimate of drug-likeness (QED) is 0.274. The van der Waals surface area contributed by atoms with Crippen LogP contribution in [0.3, 0.4) is 0 Å². The van der Waals surface area contributed by atoms with E-state index in [2.05, 4.69) is 96.7 Å². The first-order valence-electron chi connectivity index (χ1n) is 14.2. The summed E-state index contributed by atoms with van der Waals surface area (Å²) in [4.78, 5) is 13.8. The molecule has 3 heteroatoms. The minimum atomic E-state index is -0.897. The minimum Gasteiger partial charge on any atom is -0.478 e. The fourth-order valence-corrected chi connectivity index (χ4v) is 5.16. The summed E-state index contributed by atoms with van der Waals surface area (Å²) in [6.45, 7) is 20.3. The zero-order valence-corrected chi connectivity index (χ0v) is 24.8. The van der Waals surface area contributed by atoms with Crippen molar-refractivity contribution in [3.8, 4) is 22.3 Å². The lowest BCUT2D eigenvalue weighted by atomic mass is 9.82. The molecule has 0 fully saturated rings. The van der Waals surface area contributed by atoms with Crippen LogP contribution in [0.2, 0.25) is 0 Å². The molecule has 38 heavy (non-hydrogen) atoms. The first kappa shape index (κ1) is 29.5. The number of rotatable bonds is 10. The Morgan fingerprint density at radius 2 is 1.37 bits per heavy atom. The molecule has 204 valence electrons. The normalized spacial score (nSPS) is 12.0. The Kier molecular flexibility index (Phi) is 9.46. The number of benzene rings is 3. The Morgan fingerprint density at radius 3 is 1.92 bits per heavy atom. The highest BCUT2D eigenvalue weighted by Gasteiger charge is 2.22. The van der Waals surface area contributed by atoms with Gasteiger partial charge in [-0.2, -0.15) is 0 Å². The minimum absolute atomic E-state index is 0.0189. The van der Waals surface area contributed by atoms with Gasteiger partial charge in [0.1, 0.15) is 0 Å². The molecule has 0 atom stereocenters. The van der Waals surface area contributed by atoms with Crippen LogP contribution in [0.15, 0.2) is 60.7 Å². The molecule has 0 saturated heterocycles. The fraction of sp³-hybridized carbons (Fsp3) is 0.457. The molecule has 0 spiro atoms. The Bertz CT molecular complexity index is 1220. The number of aryl methyl sites for hydroxylation is 1. The highest BCUT2D eigenvalue weighted by atomic mass is 16.4. The van der Waals surface area contributed by atoms with Gasteiger partial charge in [-0.3, -0.25) is 0 Å². The fourth-order valence-electron chi connectivity index (χ4n) is 5.16. The van der Waals surface area contributed by atoms with Gasteiger partial charge in [-0.15, -0.1) is 0 Å². The maximum absolute atomic E-state index is 11.3. The van der Waals surface area contributed by atoms with Crippen molar-refractivity contribution in [1.82, 2.24) is 0 Å². The number of hydrogen-bond donors (Lipinski definition) is 1. The Hall–Kier alpha value is -3.07. The number of unbranched alkanes of at least 4 members (excludes halogenated alkanes) is 1. The number of anilines is 1. The zero-order valence-electron chi connectivity index (χ0n) is 24.8. The lowest BCUT2D eigenvalue weighted by Crippen LogP contribution is -2.26. The van der Waals surface area contributed by atoms with Gasteiger partial charge >= 0.3 is 5.97 Å². The molecule has 0 amide bonds. The van der Waals surface area contributed by atoms with Gasteiger partial charge in [0.25, 0.3) is 0 Å². The average Bonchev–Trinajstić information content (AvgIpc) is 2.86. The van der Waals surface area contributed by atoms with Crippen LogP contribution in [0.1, 0.15) is 96.1 Å². The zero-order chi connectivity index (χ0) is 28.1. The van der Waals surface area contributed by atoms with Crippen LogP contribution in [0.25, 0.3) is 22.3 Å². The molecule has 3 rings (SSSR count). The molecule has 0 saturated carbocycles. The average molecular weight is 514 g/mol. The van der Waals surface area contributed by atoms with Gasteiger partial charge in [-0.1, -0.05) is 78.3 Å². The molecular formula is C35H47NO2. The molecule has 0 aliphatic rings. The molecule has 0 aliphatic heterocycles. The van der Waals surface area contributed by atoms with Gasteiger partial charge in [0.2, 0.25) is 0 Å². The van der Waals surface area contributed by atoms with E-state index in [0.717, 1.165) is 30.6 Å². The highest BCUT2D eigenvalue weighted by molar-refractivity contribution is 5.88. The standard InChI is InChI=1S/C35H47NO2/c1-9-36(10-2)32-21-20-29(24-31(32)35(6,7)8)30-23-28(25-14-17-27(18-15-25)33(37)38)19-16-26(30)13-11-12-22-34(3,4)5/h14-21,23-24H,9-13,22H2,1-8H3,(H,37,38). The predicted octanol–water partition coefficient (Wildman–Crippen LogP) is 9.62. The van der Waals surface area contributed by atoms with Crippen LogP contribution in [0.5, 0.6) is 0 Å². The first-order valence-corrected chi connectivity index (χ1v) is 14.2. The lowest BCUT2D eigenvalue weighted by Gasteiger charge is -2.31. The van der Waals surface area contributed by atoms with Crippen molar-refractivity contribution in [2.24, 2.45) is 5.41 Å². The van der Waals surface area contributed by atoms with Gasteiger partial charge in [0, 0.05) is 18.8 Å². The first-order chi connectivity index (χ1) is 17.8. The van der Waals surface area contributed by atoms with Crippen molar-refractivity contribution in [3.63, 3.8) is 0 Å². The van der Waals surface area contributed by atoms with E-state index >= 15 is 0 Å². The third kappa shape index (κ3) is 7.49. The number of carboxylic acids is 1. The Morgan fingerprint density at radius 1 is 0.763 bits per heavy atom. The summed E-state index contributed by atoms with van der Waals surface area (Å²) in [5.41, 5.74) is 9.42. The molecule has 3 aromatic rings. The van der Waals surface area contributed by atoms with Gasteiger partial charge in [-0.05, 0) is 108 Å². The van der Waals surface area contributed by atoms with Crippen molar-refractivity contribution in [3.05, 3.63) is 77.4 Å². The van der Waals surface area contributed by atoms with E-state index in [9.17, 15) is 9.90 Å². The van der Waals surface area contributed by atoms with E-state index in [-0.39, 0.29) is 5.41 Å². The molecule has 0 bridgehead atoms. The topological polar surface area (TPSA) is 40.5 Å². The van der Waals surface area contributed by atoms with Crippen molar-refractivity contribution in [1.29, 1.82) is 0 Å². The highest BCUT2D eigenvalue weighted by Crippen LogP contribution is 2.38. The van der Waals surface area contributed by atoms with Crippen molar-refractivity contribution >= 4 is 11.7 Å². The number of carbonyl (C=O) groups is 1. The third-order valence-corrected chi connectivity index (χ3v) is 7.42. The summed E-state index contributed by atoms with van der Waals surface area (Å²) in [7, 11) is 0. The van der Waals surface area contributed by atoms with E-state index in [4.69, 9.17) is 0 Å². The van der Waals surface area contributed by atoms with Crippen LogP contribution in [-0.2, 0) is 11.8 Å². The number of nitrogens with zero attached hydrogens (tertiary/aromatic N) is 1.